The second kappa shape index (κ2) is 8.21. The first-order chi connectivity index (χ1) is 8.84. The number of nitrogens with two attached hydrogens (primary N) is 2. The molecule has 1 atom stereocenters. The highest BCUT2D eigenvalue weighted by atomic mass is 35.5. The van der Waals surface area contributed by atoms with E-state index in [1.54, 1.807) is 12.1 Å². The molecule has 0 heterocycles. The van der Waals surface area contributed by atoms with Crippen molar-refractivity contribution in [1.82, 2.24) is 5.32 Å². The number of hydrogen-bond acceptors (Lipinski definition) is 4. The number of benzene rings is 1. The molecule has 1 amide bonds. The molecule has 8 heteroatoms. The van der Waals surface area contributed by atoms with Crippen LogP contribution in [0.15, 0.2) is 29.2 Å². The number of carbonyl (C=O) groups is 1. The molecule has 0 radical (unpaired) electrons. The molecule has 0 aliphatic heterocycles. The molecular formula is C12H20ClN3O3S. The maximum absolute atomic E-state index is 11.4. The van der Waals surface area contributed by atoms with Gasteiger partial charge < -0.3 is 11.1 Å². The number of nitrogens with one attached hydrogen (secondary N) is 1. The minimum atomic E-state index is -3.65. The van der Waals surface area contributed by atoms with Gasteiger partial charge in [-0.15, -0.1) is 12.4 Å². The van der Waals surface area contributed by atoms with E-state index in [-0.39, 0.29) is 23.2 Å². The third kappa shape index (κ3) is 5.87. The van der Waals surface area contributed by atoms with Crippen molar-refractivity contribution in [2.75, 3.05) is 6.54 Å². The maximum Gasteiger partial charge on any atom is 0.238 e. The first-order valence-electron chi connectivity index (χ1n) is 5.99. The van der Waals surface area contributed by atoms with Gasteiger partial charge >= 0.3 is 0 Å². The summed E-state index contributed by atoms with van der Waals surface area (Å²) in [6.07, 6.45) is 1.20. The van der Waals surface area contributed by atoms with Crippen LogP contribution >= 0.6 is 12.4 Å². The van der Waals surface area contributed by atoms with E-state index in [1.165, 1.54) is 12.1 Å². The predicted molar refractivity (Wildman–Crippen MR) is 80.0 cm³/mol. The number of halogens is 1. The molecule has 0 spiro atoms. The molecule has 6 nitrogen and oxygen atoms in total. The fraction of sp³-hybridized carbons (Fsp3) is 0.417. The van der Waals surface area contributed by atoms with Gasteiger partial charge in [-0.1, -0.05) is 19.1 Å². The van der Waals surface area contributed by atoms with E-state index < -0.39 is 16.1 Å². The zero-order valence-corrected chi connectivity index (χ0v) is 12.8. The summed E-state index contributed by atoms with van der Waals surface area (Å²) < 4.78 is 22.1. The topological polar surface area (TPSA) is 115 Å². The molecule has 0 fully saturated rings. The predicted octanol–water partition coefficient (Wildman–Crippen LogP) is 0.152. The zero-order chi connectivity index (χ0) is 14.5. The Labute approximate surface area is 125 Å². The molecule has 0 bridgehead atoms. The summed E-state index contributed by atoms with van der Waals surface area (Å²) in [5, 5.41) is 7.72. The maximum atomic E-state index is 11.4. The highest BCUT2D eigenvalue weighted by Gasteiger charge is 2.10. The van der Waals surface area contributed by atoms with Gasteiger partial charge in [-0.25, -0.2) is 13.6 Å². The fourth-order valence-corrected chi connectivity index (χ4v) is 2.01. The van der Waals surface area contributed by atoms with Crippen LogP contribution in [0.25, 0.3) is 0 Å². The summed E-state index contributed by atoms with van der Waals surface area (Å²) in [7, 11) is -3.65. The quantitative estimate of drug-likeness (QED) is 0.691. The van der Waals surface area contributed by atoms with E-state index >= 15 is 0 Å². The molecule has 0 aliphatic carbocycles. The van der Waals surface area contributed by atoms with Crippen LogP contribution in [-0.4, -0.2) is 26.9 Å². The van der Waals surface area contributed by atoms with E-state index in [0.717, 1.165) is 5.56 Å². The normalized spacial score (nSPS) is 12.3. The number of amides is 1. The molecule has 20 heavy (non-hydrogen) atoms. The lowest BCUT2D eigenvalue weighted by molar-refractivity contribution is -0.122. The second-order valence-corrected chi connectivity index (χ2v) is 5.81. The monoisotopic (exact) mass is 321 g/mol. The Morgan fingerprint density at radius 3 is 2.30 bits per heavy atom. The van der Waals surface area contributed by atoms with Gasteiger partial charge in [-0.2, -0.15) is 0 Å². The van der Waals surface area contributed by atoms with E-state index in [2.05, 4.69) is 5.32 Å². The molecule has 1 aromatic rings. The Morgan fingerprint density at radius 1 is 1.30 bits per heavy atom. The molecule has 114 valence electrons. The standard InChI is InChI=1S/C12H19N3O3S.ClH/c1-2-11(13)12(16)15-8-7-9-3-5-10(6-4-9)19(14,17)18;/h3-6,11H,2,7-8,13H2,1H3,(H,15,16)(H2,14,17,18);1H/t11-;/m0./s1. The fourth-order valence-electron chi connectivity index (χ4n) is 1.49. The van der Waals surface area contributed by atoms with E-state index in [0.29, 0.717) is 19.4 Å². The van der Waals surface area contributed by atoms with Crippen molar-refractivity contribution in [2.45, 2.75) is 30.7 Å². The summed E-state index contributed by atoms with van der Waals surface area (Å²) in [5.41, 5.74) is 6.49. The third-order valence-corrected chi connectivity index (χ3v) is 3.67. The number of sulfonamides is 1. The minimum Gasteiger partial charge on any atom is -0.354 e. The van der Waals surface area contributed by atoms with Crippen molar-refractivity contribution >= 4 is 28.3 Å². The molecule has 0 unspecified atom stereocenters. The van der Waals surface area contributed by atoms with Crippen molar-refractivity contribution in [3.05, 3.63) is 29.8 Å². The molecular weight excluding hydrogens is 302 g/mol. The van der Waals surface area contributed by atoms with Gasteiger partial charge in [0.2, 0.25) is 15.9 Å². The van der Waals surface area contributed by atoms with Gasteiger partial charge in [0.05, 0.1) is 10.9 Å². The van der Waals surface area contributed by atoms with Gasteiger partial charge in [0.25, 0.3) is 0 Å². The average molecular weight is 322 g/mol. The van der Waals surface area contributed by atoms with Gasteiger partial charge in [-0.3, -0.25) is 4.79 Å². The Balaban J connectivity index is 0.00000361. The lowest BCUT2D eigenvalue weighted by Crippen LogP contribution is -2.40. The summed E-state index contributed by atoms with van der Waals surface area (Å²) in [6.45, 7) is 2.30. The smallest absolute Gasteiger partial charge is 0.238 e. The Bertz CT molecular complexity index is 531. The van der Waals surface area contributed by atoms with Crippen molar-refractivity contribution < 1.29 is 13.2 Å². The molecule has 0 saturated heterocycles. The molecule has 0 saturated carbocycles. The van der Waals surface area contributed by atoms with Crippen molar-refractivity contribution in [2.24, 2.45) is 10.9 Å². The third-order valence-electron chi connectivity index (χ3n) is 2.74. The lowest BCUT2D eigenvalue weighted by atomic mass is 10.1. The van der Waals surface area contributed by atoms with Crippen molar-refractivity contribution in [1.29, 1.82) is 0 Å². The van der Waals surface area contributed by atoms with Crippen molar-refractivity contribution in [3.63, 3.8) is 0 Å². The van der Waals surface area contributed by atoms with Crippen LogP contribution in [0.1, 0.15) is 18.9 Å². The highest BCUT2D eigenvalue weighted by Crippen LogP contribution is 2.08. The molecule has 1 aromatic carbocycles. The van der Waals surface area contributed by atoms with Crippen LogP contribution in [0.5, 0.6) is 0 Å². The van der Waals surface area contributed by atoms with Gasteiger partial charge in [0.15, 0.2) is 0 Å². The van der Waals surface area contributed by atoms with Crippen LogP contribution in [0.2, 0.25) is 0 Å². The van der Waals surface area contributed by atoms with Crippen LogP contribution in [0.3, 0.4) is 0 Å². The van der Waals surface area contributed by atoms with Gasteiger partial charge in [-0.05, 0) is 30.5 Å². The number of hydrogen-bond donors (Lipinski definition) is 3. The highest BCUT2D eigenvalue weighted by molar-refractivity contribution is 7.89. The van der Waals surface area contributed by atoms with Crippen LogP contribution in [-0.2, 0) is 21.2 Å². The van der Waals surface area contributed by atoms with Gasteiger partial charge in [0, 0.05) is 6.54 Å². The van der Waals surface area contributed by atoms with Gasteiger partial charge in [0.1, 0.15) is 0 Å². The first kappa shape index (κ1) is 18.9. The Kier molecular flexibility index (Phi) is 7.74. The second-order valence-electron chi connectivity index (χ2n) is 4.24. The number of primary sulfonamides is 1. The van der Waals surface area contributed by atoms with E-state index in [1.807, 2.05) is 6.92 Å². The summed E-state index contributed by atoms with van der Waals surface area (Å²) in [5.74, 6) is -0.177. The number of rotatable bonds is 6. The lowest BCUT2D eigenvalue weighted by Gasteiger charge is -2.10. The van der Waals surface area contributed by atoms with E-state index in [4.69, 9.17) is 10.9 Å². The SMILES string of the molecule is CC[C@H](N)C(=O)NCCc1ccc(S(N)(=O)=O)cc1.Cl. The first-order valence-corrected chi connectivity index (χ1v) is 7.54. The minimum absolute atomic E-state index is 0. The molecule has 5 N–H and O–H groups in total. The Morgan fingerprint density at radius 2 is 1.85 bits per heavy atom. The van der Waals surface area contributed by atoms with Crippen LogP contribution in [0, 0.1) is 0 Å². The van der Waals surface area contributed by atoms with Crippen LogP contribution in [0.4, 0.5) is 0 Å². The zero-order valence-electron chi connectivity index (χ0n) is 11.2. The molecule has 1 rings (SSSR count). The average Bonchev–Trinajstić information content (AvgIpc) is 2.37. The number of carbonyl (C=O) groups excluding carboxylic acids is 1. The summed E-state index contributed by atoms with van der Waals surface area (Å²) in [6, 6.07) is 5.76. The van der Waals surface area contributed by atoms with Crippen LogP contribution < -0.4 is 16.2 Å². The van der Waals surface area contributed by atoms with E-state index in [9.17, 15) is 13.2 Å². The summed E-state index contributed by atoms with van der Waals surface area (Å²) >= 11 is 0. The van der Waals surface area contributed by atoms with Crippen molar-refractivity contribution in [3.8, 4) is 0 Å². The molecule has 0 aromatic heterocycles. The largest absolute Gasteiger partial charge is 0.354 e. The Hall–Kier alpha value is -1.15. The summed E-state index contributed by atoms with van der Waals surface area (Å²) in [4.78, 5) is 11.5. The molecule has 0 aliphatic rings.